The van der Waals surface area contributed by atoms with Crippen molar-refractivity contribution in [3.8, 4) is 0 Å². The average molecular weight is 269 g/mol. The van der Waals surface area contributed by atoms with Crippen LogP contribution < -0.4 is 0 Å². The van der Waals surface area contributed by atoms with Crippen molar-refractivity contribution in [1.29, 1.82) is 0 Å². The summed E-state index contributed by atoms with van der Waals surface area (Å²) in [6, 6.07) is 0.518. The van der Waals surface area contributed by atoms with Gasteiger partial charge in [0.25, 0.3) is 0 Å². The summed E-state index contributed by atoms with van der Waals surface area (Å²) >= 11 is 0. The Bertz CT molecular complexity index is 269. The standard InChI is InChI=1S/C16H31NO2/c1-5-15(3)17(9-10-19-4)12-16(13-18)8-6-7-14(2)11-16/h13-15H,5-12H2,1-4H3. The Kier molecular flexibility index (Phi) is 7.01. The molecule has 3 nitrogen and oxygen atoms in total. The van der Waals surface area contributed by atoms with Gasteiger partial charge in [-0.2, -0.15) is 0 Å². The Morgan fingerprint density at radius 1 is 1.53 bits per heavy atom. The van der Waals surface area contributed by atoms with Crippen molar-refractivity contribution < 1.29 is 9.53 Å². The van der Waals surface area contributed by atoms with Gasteiger partial charge in [0, 0.05) is 31.7 Å². The molecule has 0 amide bonds. The van der Waals surface area contributed by atoms with Gasteiger partial charge in [-0.25, -0.2) is 0 Å². The molecule has 0 aromatic carbocycles. The Hall–Kier alpha value is -0.410. The van der Waals surface area contributed by atoms with E-state index < -0.39 is 0 Å². The molecule has 0 heterocycles. The second-order valence-electron chi connectivity index (χ2n) is 6.40. The van der Waals surface area contributed by atoms with Crippen LogP contribution in [-0.4, -0.2) is 44.0 Å². The van der Waals surface area contributed by atoms with E-state index in [9.17, 15) is 4.79 Å². The maximum atomic E-state index is 11.7. The first-order chi connectivity index (χ1) is 9.06. The van der Waals surface area contributed by atoms with Crippen molar-refractivity contribution in [2.75, 3.05) is 26.8 Å². The molecule has 3 heteroatoms. The molecule has 112 valence electrons. The van der Waals surface area contributed by atoms with Gasteiger partial charge in [-0.15, -0.1) is 0 Å². The summed E-state index contributed by atoms with van der Waals surface area (Å²) in [4.78, 5) is 14.1. The zero-order chi connectivity index (χ0) is 14.3. The minimum atomic E-state index is -0.116. The van der Waals surface area contributed by atoms with Crippen LogP contribution in [-0.2, 0) is 9.53 Å². The molecule has 19 heavy (non-hydrogen) atoms. The minimum absolute atomic E-state index is 0.116. The van der Waals surface area contributed by atoms with Gasteiger partial charge in [0.1, 0.15) is 6.29 Å². The molecular formula is C16H31NO2. The Balaban J connectivity index is 2.70. The zero-order valence-corrected chi connectivity index (χ0v) is 13.2. The van der Waals surface area contributed by atoms with Gasteiger partial charge in [0.05, 0.1) is 6.61 Å². The van der Waals surface area contributed by atoms with Gasteiger partial charge in [-0.3, -0.25) is 4.90 Å². The molecule has 3 atom stereocenters. The average Bonchev–Trinajstić information content (AvgIpc) is 2.42. The zero-order valence-electron chi connectivity index (χ0n) is 13.2. The number of hydrogen-bond donors (Lipinski definition) is 0. The van der Waals surface area contributed by atoms with E-state index in [0.29, 0.717) is 12.0 Å². The lowest BCUT2D eigenvalue weighted by molar-refractivity contribution is -0.120. The number of ether oxygens (including phenoxy) is 1. The smallest absolute Gasteiger partial charge is 0.127 e. The lowest BCUT2D eigenvalue weighted by Gasteiger charge is -2.41. The third kappa shape index (κ3) is 4.88. The highest BCUT2D eigenvalue weighted by Crippen LogP contribution is 2.38. The maximum Gasteiger partial charge on any atom is 0.127 e. The molecule has 1 fully saturated rings. The van der Waals surface area contributed by atoms with E-state index in [1.807, 2.05) is 0 Å². The Morgan fingerprint density at radius 2 is 2.26 bits per heavy atom. The van der Waals surface area contributed by atoms with E-state index >= 15 is 0 Å². The van der Waals surface area contributed by atoms with Gasteiger partial charge >= 0.3 is 0 Å². The molecule has 0 radical (unpaired) electrons. The van der Waals surface area contributed by atoms with Crippen LogP contribution in [0.4, 0.5) is 0 Å². The summed E-state index contributed by atoms with van der Waals surface area (Å²) < 4.78 is 5.21. The normalized spacial score (nSPS) is 29.4. The van der Waals surface area contributed by atoms with Gasteiger partial charge in [-0.05, 0) is 32.1 Å². The lowest BCUT2D eigenvalue weighted by atomic mass is 9.70. The summed E-state index contributed by atoms with van der Waals surface area (Å²) in [7, 11) is 1.74. The minimum Gasteiger partial charge on any atom is -0.383 e. The van der Waals surface area contributed by atoms with Gasteiger partial charge in [0.2, 0.25) is 0 Å². The quantitative estimate of drug-likeness (QED) is 0.634. The summed E-state index contributed by atoms with van der Waals surface area (Å²) in [5.41, 5.74) is -0.116. The van der Waals surface area contributed by atoms with Crippen molar-refractivity contribution in [3.63, 3.8) is 0 Å². The summed E-state index contributed by atoms with van der Waals surface area (Å²) in [5, 5.41) is 0. The second-order valence-corrected chi connectivity index (χ2v) is 6.40. The summed E-state index contributed by atoms with van der Waals surface area (Å²) in [6.07, 6.45) is 6.94. The largest absolute Gasteiger partial charge is 0.383 e. The predicted octanol–water partition coefficient (Wildman–Crippen LogP) is 3.13. The molecule has 0 aliphatic heterocycles. The maximum absolute atomic E-state index is 11.7. The molecule has 0 bridgehead atoms. The lowest BCUT2D eigenvalue weighted by Crippen LogP contribution is -2.46. The van der Waals surface area contributed by atoms with Gasteiger partial charge in [0.15, 0.2) is 0 Å². The molecule has 0 N–H and O–H groups in total. The van der Waals surface area contributed by atoms with Crippen LogP contribution in [0.2, 0.25) is 0 Å². The summed E-state index contributed by atoms with van der Waals surface area (Å²) in [6.45, 7) is 9.31. The van der Waals surface area contributed by atoms with Crippen LogP contribution in [0.15, 0.2) is 0 Å². The van der Waals surface area contributed by atoms with E-state index in [4.69, 9.17) is 4.74 Å². The number of carbonyl (C=O) groups excluding carboxylic acids is 1. The monoisotopic (exact) mass is 269 g/mol. The van der Waals surface area contributed by atoms with Crippen LogP contribution in [0.5, 0.6) is 0 Å². The molecule has 0 saturated heterocycles. The first-order valence-electron chi connectivity index (χ1n) is 7.76. The Morgan fingerprint density at radius 3 is 2.79 bits per heavy atom. The number of nitrogens with zero attached hydrogens (tertiary/aromatic N) is 1. The highest BCUT2D eigenvalue weighted by Gasteiger charge is 2.37. The highest BCUT2D eigenvalue weighted by molar-refractivity contribution is 5.60. The molecule has 3 unspecified atom stereocenters. The number of methoxy groups -OCH3 is 1. The van der Waals surface area contributed by atoms with Crippen LogP contribution in [0, 0.1) is 11.3 Å². The fourth-order valence-corrected chi connectivity index (χ4v) is 3.32. The molecule has 1 aliphatic carbocycles. The Labute approximate surface area is 118 Å². The molecule has 0 spiro atoms. The van der Waals surface area contributed by atoms with Crippen molar-refractivity contribution in [2.24, 2.45) is 11.3 Å². The van der Waals surface area contributed by atoms with Gasteiger partial charge in [-0.1, -0.05) is 26.7 Å². The van der Waals surface area contributed by atoms with Crippen molar-refractivity contribution in [3.05, 3.63) is 0 Å². The van der Waals surface area contributed by atoms with Crippen molar-refractivity contribution in [1.82, 2.24) is 4.90 Å². The number of aldehydes is 1. The fraction of sp³-hybridized carbons (Fsp3) is 0.938. The molecule has 0 aromatic heterocycles. The van der Waals surface area contributed by atoms with Crippen LogP contribution in [0.25, 0.3) is 0 Å². The predicted molar refractivity (Wildman–Crippen MR) is 79.3 cm³/mol. The summed E-state index contributed by atoms with van der Waals surface area (Å²) in [5.74, 6) is 0.681. The van der Waals surface area contributed by atoms with E-state index in [0.717, 1.165) is 39.0 Å². The van der Waals surface area contributed by atoms with Gasteiger partial charge < -0.3 is 9.53 Å². The highest BCUT2D eigenvalue weighted by atomic mass is 16.5. The van der Waals surface area contributed by atoms with Crippen molar-refractivity contribution >= 4 is 6.29 Å². The SMILES string of the molecule is CCC(C)N(CCOC)CC1(C=O)CCCC(C)C1. The van der Waals surface area contributed by atoms with Crippen molar-refractivity contribution in [2.45, 2.75) is 58.9 Å². The second kappa shape index (κ2) is 8.01. The fourth-order valence-electron chi connectivity index (χ4n) is 3.32. The molecule has 0 aromatic rings. The van der Waals surface area contributed by atoms with E-state index in [1.165, 1.54) is 19.1 Å². The molecule has 1 aliphatic rings. The third-order valence-electron chi connectivity index (χ3n) is 4.69. The first-order valence-corrected chi connectivity index (χ1v) is 7.76. The van der Waals surface area contributed by atoms with Crippen LogP contribution in [0.1, 0.15) is 52.9 Å². The van der Waals surface area contributed by atoms with Crippen LogP contribution >= 0.6 is 0 Å². The van der Waals surface area contributed by atoms with Crippen LogP contribution in [0.3, 0.4) is 0 Å². The topological polar surface area (TPSA) is 29.5 Å². The molecule has 1 saturated carbocycles. The molecule has 1 rings (SSSR count). The first kappa shape index (κ1) is 16.6. The van der Waals surface area contributed by atoms with E-state index in [1.54, 1.807) is 7.11 Å². The third-order valence-corrected chi connectivity index (χ3v) is 4.69. The number of hydrogen-bond acceptors (Lipinski definition) is 3. The van der Waals surface area contributed by atoms with E-state index in [2.05, 4.69) is 25.7 Å². The van der Waals surface area contributed by atoms with E-state index in [-0.39, 0.29) is 5.41 Å². The number of rotatable bonds is 8. The number of carbonyl (C=O) groups is 1. The molecular weight excluding hydrogens is 238 g/mol.